The summed E-state index contributed by atoms with van der Waals surface area (Å²) in [7, 11) is 0. The Hall–Kier alpha value is -1.36. The fourth-order valence-corrected chi connectivity index (χ4v) is 2.99. The number of likely N-dealkylation sites (tertiary alicyclic amines) is 1. The van der Waals surface area contributed by atoms with Gasteiger partial charge in [0, 0.05) is 18.8 Å². The SMILES string of the molecule is CCC(CC)n1nc(C(=O)N2CCC(C)C(O)C2)cc1C. The van der Waals surface area contributed by atoms with Crippen LogP contribution in [0.3, 0.4) is 0 Å². The zero-order valence-corrected chi connectivity index (χ0v) is 13.5. The molecule has 1 fully saturated rings. The van der Waals surface area contributed by atoms with Crippen molar-refractivity contribution in [1.82, 2.24) is 14.7 Å². The molecule has 21 heavy (non-hydrogen) atoms. The van der Waals surface area contributed by atoms with E-state index in [9.17, 15) is 9.90 Å². The summed E-state index contributed by atoms with van der Waals surface area (Å²) in [5.41, 5.74) is 1.53. The molecule has 2 atom stereocenters. The Bertz CT molecular complexity index is 494. The number of carbonyl (C=O) groups is 1. The molecule has 1 aliphatic rings. The maximum Gasteiger partial charge on any atom is 0.274 e. The lowest BCUT2D eigenvalue weighted by Crippen LogP contribution is -2.46. The van der Waals surface area contributed by atoms with Gasteiger partial charge in [0.05, 0.1) is 12.1 Å². The molecule has 0 bridgehead atoms. The van der Waals surface area contributed by atoms with Crippen molar-refractivity contribution < 1.29 is 9.90 Å². The topological polar surface area (TPSA) is 58.4 Å². The van der Waals surface area contributed by atoms with Crippen molar-refractivity contribution in [1.29, 1.82) is 0 Å². The second-order valence-corrected chi connectivity index (χ2v) is 6.17. The first kappa shape index (κ1) is 16.0. The van der Waals surface area contributed by atoms with E-state index in [1.165, 1.54) is 0 Å². The molecule has 5 heteroatoms. The van der Waals surface area contributed by atoms with Crippen molar-refractivity contribution in [2.75, 3.05) is 13.1 Å². The lowest BCUT2D eigenvalue weighted by molar-refractivity contribution is 0.0244. The Morgan fingerprint density at radius 3 is 2.71 bits per heavy atom. The van der Waals surface area contributed by atoms with Gasteiger partial charge in [-0.1, -0.05) is 20.8 Å². The minimum absolute atomic E-state index is 0.0613. The Morgan fingerprint density at radius 1 is 1.48 bits per heavy atom. The molecule has 1 amide bonds. The van der Waals surface area contributed by atoms with Gasteiger partial charge in [0.1, 0.15) is 0 Å². The van der Waals surface area contributed by atoms with Crippen molar-refractivity contribution >= 4 is 5.91 Å². The Kier molecular flexibility index (Phi) is 5.04. The molecule has 2 heterocycles. The highest BCUT2D eigenvalue weighted by Crippen LogP contribution is 2.21. The zero-order chi connectivity index (χ0) is 15.6. The van der Waals surface area contributed by atoms with Crippen molar-refractivity contribution in [3.05, 3.63) is 17.5 Å². The molecule has 1 aliphatic heterocycles. The summed E-state index contributed by atoms with van der Waals surface area (Å²) in [6, 6.07) is 2.21. The van der Waals surface area contributed by atoms with Gasteiger partial charge in [0.2, 0.25) is 0 Å². The third kappa shape index (κ3) is 3.28. The number of piperidine rings is 1. The van der Waals surface area contributed by atoms with Gasteiger partial charge in [-0.05, 0) is 38.2 Å². The fraction of sp³-hybridized carbons (Fsp3) is 0.750. The Labute approximate surface area is 126 Å². The highest BCUT2D eigenvalue weighted by Gasteiger charge is 2.29. The highest BCUT2D eigenvalue weighted by atomic mass is 16.3. The number of rotatable bonds is 4. The number of aryl methyl sites for hydroxylation is 1. The van der Waals surface area contributed by atoms with Crippen LogP contribution >= 0.6 is 0 Å². The maximum absolute atomic E-state index is 12.6. The molecule has 1 aromatic rings. The second-order valence-electron chi connectivity index (χ2n) is 6.17. The average Bonchev–Trinajstić information content (AvgIpc) is 2.85. The van der Waals surface area contributed by atoms with E-state index in [1.807, 2.05) is 24.6 Å². The van der Waals surface area contributed by atoms with Crippen LogP contribution in [-0.4, -0.2) is 44.9 Å². The van der Waals surface area contributed by atoms with Crippen molar-refractivity contribution in [3.8, 4) is 0 Å². The van der Waals surface area contributed by atoms with Crippen LogP contribution in [0.25, 0.3) is 0 Å². The lowest BCUT2D eigenvalue weighted by atomic mass is 9.96. The van der Waals surface area contributed by atoms with Crippen LogP contribution in [0.2, 0.25) is 0 Å². The smallest absolute Gasteiger partial charge is 0.274 e. The number of aromatic nitrogens is 2. The molecule has 0 radical (unpaired) electrons. The second kappa shape index (κ2) is 6.60. The van der Waals surface area contributed by atoms with E-state index in [4.69, 9.17) is 0 Å². The van der Waals surface area contributed by atoms with Crippen LogP contribution in [0.1, 0.15) is 62.3 Å². The molecule has 1 aromatic heterocycles. The molecule has 0 saturated carbocycles. The summed E-state index contributed by atoms with van der Waals surface area (Å²) in [5.74, 6) is 0.201. The van der Waals surface area contributed by atoms with Crippen LogP contribution in [0.15, 0.2) is 6.07 Å². The zero-order valence-electron chi connectivity index (χ0n) is 13.5. The molecule has 0 aliphatic carbocycles. The summed E-state index contributed by atoms with van der Waals surface area (Å²) in [6.07, 6.45) is 2.43. The number of carbonyl (C=O) groups excluding carboxylic acids is 1. The van der Waals surface area contributed by atoms with Crippen molar-refractivity contribution in [2.24, 2.45) is 5.92 Å². The van der Waals surface area contributed by atoms with Gasteiger partial charge in [0.25, 0.3) is 5.91 Å². The highest BCUT2D eigenvalue weighted by molar-refractivity contribution is 5.92. The van der Waals surface area contributed by atoms with Crippen molar-refractivity contribution in [2.45, 2.75) is 59.1 Å². The van der Waals surface area contributed by atoms with Crippen LogP contribution in [0.5, 0.6) is 0 Å². The molecule has 0 aromatic carbocycles. The molecule has 1 saturated heterocycles. The van der Waals surface area contributed by atoms with Gasteiger partial charge >= 0.3 is 0 Å². The van der Waals surface area contributed by atoms with E-state index in [2.05, 4.69) is 18.9 Å². The van der Waals surface area contributed by atoms with Gasteiger partial charge < -0.3 is 10.0 Å². The van der Waals surface area contributed by atoms with E-state index in [1.54, 1.807) is 4.90 Å². The van der Waals surface area contributed by atoms with Crippen LogP contribution in [0.4, 0.5) is 0 Å². The van der Waals surface area contributed by atoms with E-state index >= 15 is 0 Å². The number of aliphatic hydroxyl groups excluding tert-OH is 1. The average molecular weight is 293 g/mol. The van der Waals surface area contributed by atoms with Gasteiger partial charge in [-0.25, -0.2) is 0 Å². The van der Waals surface area contributed by atoms with E-state index < -0.39 is 6.10 Å². The van der Waals surface area contributed by atoms with Crippen LogP contribution in [0, 0.1) is 12.8 Å². The number of hydrogen-bond acceptors (Lipinski definition) is 3. The van der Waals surface area contributed by atoms with Crippen LogP contribution < -0.4 is 0 Å². The maximum atomic E-state index is 12.6. The Balaban J connectivity index is 2.15. The molecular weight excluding hydrogens is 266 g/mol. The van der Waals surface area contributed by atoms with E-state index in [0.717, 1.165) is 25.0 Å². The van der Waals surface area contributed by atoms with Gasteiger partial charge in [-0.15, -0.1) is 0 Å². The minimum Gasteiger partial charge on any atom is -0.391 e. The van der Waals surface area contributed by atoms with E-state index in [-0.39, 0.29) is 11.8 Å². The minimum atomic E-state index is -0.426. The summed E-state index contributed by atoms with van der Waals surface area (Å²) in [6.45, 7) is 9.41. The first-order valence-electron chi connectivity index (χ1n) is 8.01. The van der Waals surface area contributed by atoms with Gasteiger partial charge in [-0.3, -0.25) is 9.48 Å². The number of hydrogen-bond donors (Lipinski definition) is 1. The number of amides is 1. The first-order valence-corrected chi connectivity index (χ1v) is 8.01. The van der Waals surface area contributed by atoms with Gasteiger partial charge in [0.15, 0.2) is 5.69 Å². The molecular formula is C16H27N3O2. The quantitative estimate of drug-likeness (QED) is 0.927. The Morgan fingerprint density at radius 2 is 2.14 bits per heavy atom. The molecule has 1 N–H and O–H groups in total. The molecule has 5 nitrogen and oxygen atoms in total. The van der Waals surface area contributed by atoms with Crippen LogP contribution in [-0.2, 0) is 0 Å². The number of aliphatic hydroxyl groups is 1. The third-order valence-corrected chi connectivity index (χ3v) is 4.64. The summed E-state index contributed by atoms with van der Waals surface area (Å²) < 4.78 is 1.97. The molecule has 2 unspecified atom stereocenters. The monoisotopic (exact) mass is 293 g/mol. The first-order chi connectivity index (χ1) is 9.97. The summed E-state index contributed by atoms with van der Waals surface area (Å²) >= 11 is 0. The van der Waals surface area contributed by atoms with Crippen molar-refractivity contribution in [3.63, 3.8) is 0 Å². The fourth-order valence-electron chi connectivity index (χ4n) is 2.99. The molecule has 118 valence electrons. The van der Waals surface area contributed by atoms with E-state index in [0.29, 0.717) is 24.8 Å². The predicted octanol–water partition coefficient (Wildman–Crippen LogP) is 2.40. The largest absolute Gasteiger partial charge is 0.391 e. The van der Waals surface area contributed by atoms with Gasteiger partial charge in [-0.2, -0.15) is 5.10 Å². The number of β-amino-alcohol motifs (C(OH)–C–C–N with tert-alkyl or cyclic N) is 1. The summed E-state index contributed by atoms with van der Waals surface area (Å²) in [4.78, 5) is 14.3. The third-order valence-electron chi connectivity index (χ3n) is 4.64. The predicted molar refractivity (Wildman–Crippen MR) is 82.3 cm³/mol. The number of nitrogens with zero attached hydrogens (tertiary/aromatic N) is 3. The molecule has 0 spiro atoms. The standard InChI is InChI=1S/C16H27N3O2/c1-5-13(6-2)19-12(4)9-14(17-19)16(21)18-8-7-11(3)15(20)10-18/h9,11,13,15,20H,5-8,10H2,1-4H3. The molecule has 2 rings (SSSR count). The summed E-state index contributed by atoms with van der Waals surface area (Å²) in [5, 5.41) is 14.5. The normalized spacial score (nSPS) is 22.9. The lowest BCUT2D eigenvalue weighted by Gasteiger charge is -2.33.